The average Bonchev–Trinajstić information content (AvgIpc) is 3.24. The quantitative estimate of drug-likeness (QED) is 0.591. The van der Waals surface area contributed by atoms with E-state index in [4.69, 9.17) is 4.98 Å². The van der Waals surface area contributed by atoms with Crippen molar-refractivity contribution in [2.45, 2.75) is 39.7 Å². The Bertz CT molecular complexity index is 912. The normalized spacial score (nSPS) is 18.4. The van der Waals surface area contributed by atoms with E-state index in [0.29, 0.717) is 0 Å². The van der Waals surface area contributed by atoms with Crippen molar-refractivity contribution in [3.8, 4) is 0 Å². The highest BCUT2D eigenvalue weighted by atomic mass is 32.1. The van der Waals surface area contributed by atoms with Crippen LogP contribution in [0.1, 0.15) is 35.4 Å². The van der Waals surface area contributed by atoms with Crippen LogP contribution in [0.5, 0.6) is 0 Å². The summed E-state index contributed by atoms with van der Waals surface area (Å²) in [6, 6.07) is 8.81. The second kappa shape index (κ2) is 8.76. The largest absolute Gasteiger partial charge is 0.303 e. The SMILES string of the molecule is Cc1ccccc1CCN1CCCC(CN(C)Cc2c(C)nc3sccn23)C1. The second-order valence-electron chi connectivity index (χ2n) is 8.38. The molecule has 0 saturated carbocycles. The number of hydrogen-bond donors (Lipinski definition) is 0. The Morgan fingerprint density at radius 3 is 2.96 bits per heavy atom. The van der Waals surface area contributed by atoms with Gasteiger partial charge in [0.25, 0.3) is 0 Å². The fourth-order valence-electron chi connectivity index (χ4n) is 4.56. The molecule has 4 nitrogen and oxygen atoms in total. The molecule has 28 heavy (non-hydrogen) atoms. The average molecular weight is 397 g/mol. The predicted octanol–water partition coefficient (Wildman–Crippen LogP) is 4.40. The molecule has 150 valence electrons. The summed E-state index contributed by atoms with van der Waals surface area (Å²) in [5.41, 5.74) is 5.43. The van der Waals surface area contributed by atoms with Crippen molar-refractivity contribution < 1.29 is 0 Å². The van der Waals surface area contributed by atoms with Gasteiger partial charge in [0, 0.05) is 37.8 Å². The Kier molecular flexibility index (Phi) is 6.14. The first-order chi connectivity index (χ1) is 13.6. The van der Waals surface area contributed by atoms with Crippen LogP contribution in [0.4, 0.5) is 0 Å². The monoisotopic (exact) mass is 396 g/mol. The standard InChI is InChI=1S/C23H32N4S/c1-18-7-4-5-9-21(18)10-12-26-11-6-8-20(16-26)15-25(3)17-22-19(2)24-23-27(22)13-14-28-23/h4-5,7,9,13-14,20H,6,8,10-12,15-17H2,1-3H3. The van der Waals surface area contributed by atoms with E-state index >= 15 is 0 Å². The van der Waals surface area contributed by atoms with E-state index in [1.54, 1.807) is 11.3 Å². The molecule has 1 aliphatic heterocycles. The number of aryl methyl sites for hydroxylation is 2. The molecule has 0 amide bonds. The van der Waals surface area contributed by atoms with Crippen molar-refractivity contribution in [3.05, 3.63) is 58.4 Å². The number of benzene rings is 1. The van der Waals surface area contributed by atoms with Crippen LogP contribution in [0.2, 0.25) is 0 Å². The lowest BCUT2D eigenvalue weighted by Crippen LogP contribution is -2.41. The maximum Gasteiger partial charge on any atom is 0.194 e. The van der Waals surface area contributed by atoms with E-state index in [-0.39, 0.29) is 0 Å². The van der Waals surface area contributed by atoms with Crippen LogP contribution in [0.3, 0.4) is 0 Å². The molecule has 1 unspecified atom stereocenters. The molecule has 0 bridgehead atoms. The second-order valence-corrected chi connectivity index (χ2v) is 9.25. The van der Waals surface area contributed by atoms with Gasteiger partial charge >= 0.3 is 0 Å². The van der Waals surface area contributed by atoms with Crippen LogP contribution < -0.4 is 0 Å². The zero-order valence-corrected chi connectivity index (χ0v) is 18.2. The molecule has 4 rings (SSSR count). The molecule has 1 aliphatic rings. The summed E-state index contributed by atoms with van der Waals surface area (Å²) in [7, 11) is 2.26. The van der Waals surface area contributed by atoms with Crippen molar-refractivity contribution in [2.24, 2.45) is 5.92 Å². The molecular weight excluding hydrogens is 364 g/mol. The summed E-state index contributed by atoms with van der Waals surface area (Å²) in [6.45, 7) is 10.2. The number of nitrogens with zero attached hydrogens (tertiary/aromatic N) is 4. The Hall–Kier alpha value is -1.69. The molecule has 0 radical (unpaired) electrons. The number of piperidine rings is 1. The molecule has 1 fully saturated rings. The molecule has 1 atom stereocenters. The summed E-state index contributed by atoms with van der Waals surface area (Å²) in [6.07, 6.45) is 5.99. The van der Waals surface area contributed by atoms with E-state index in [0.717, 1.165) is 24.0 Å². The zero-order valence-electron chi connectivity index (χ0n) is 17.4. The molecule has 2 aromatic heterocycles. The van der Waals surface area contributed by atoms with Gasteiger partial charge in [-0.1, -0.05) is 24.3 Å². The topological polar surface area (TPSA) is 23.8 Å². The first kappa shape index (κ1) is 19.6. The number of hydrogen-bond acceptors (Lipinski definition) is 4. The molecule has 0 spiro atoms. The molecule has 0 N–H and O–H groups in total. The van der Waals surface area contributed by atoms with Crippen molar-refractivity contribution in [2.75, 3.05) is 33.2 Å². The maximum absolute atomic E-state index is 4.69. The van der Waals surface area contributed by atoms with Gasteiger partial charge < -0.3 is 9.80 Å². The summed E-state index contributed by atoms with van der Waals surface area (Å²) in [5, 5.41) is 2.12. The van der Waals surface area contributed by atoms with E-state index in [2.05, 4.69) is 70.9 Å². The molecule has 1 saturated heterocycles. The van der Waals surface area contributed by atoms with Crippen LogP contribution in [0, 0.1) is 19.8 Å². The van der Waals surface area contributed by atoms with Crippen molar-refractivity contribution in [3.63, 3.8) is 0 Å². The van der Waals surface area contributed by atoms with E-state index in [1.807, 2.05) is 0 Å². The Morgan fingerprint density at radius 2 is 2.11 bits per heavy atom. The third-order valence-electron chi connectivity index (χ3n) is 6.11. The third kappa shape index (κ3) is 4.48. The van der Waals surface area contributed by atoms with Crippen molar-refractivity contribution >= 4 is 16.3 Å². The van der Waals surface area contributed by atoms with Gasteiger partial charge in [0.1, 0.15) is 0 Å². The highest BCUT2D eigenvalue weighted by molar-refractivity contribution is 7.15. The maximum atomic E-state index is 4.69. The summed E-state index contributed by atoms with van der Waals surface area (Å²) < 4.78 is 2.26. The number of imidazole rings is 1. The molecule has 3 aromatic rings. The fraction of sp³-hybridized carbons (Fsp3) is 0.522. The van der Waals surface area contributed by atoms with Gasteiger partial charge in [0.05, 0.1) is 11.4 Å². The number of thiazole rings is 1. The van der Waals surface area contributed by atoms with E-state index in [9.17, 15) is 0 Å². The van der Waals surface area contributed by atoms with Gasteiger partial charge in [-0.05, 0) is 63.7 Å². The van der Waals surface area contributed by atoms with Crippen molar-refractivity contribution in [1.29, 1.82) is 0 Å². The molecule has 5 heteroatoms. The summed E-state index contributed by atoms with van der Waals surface area (Å²) >= 11 is 1.72. The lowest BCUT2D eigenvalue weighted by atomic mass is 9.96. The Labute approximate surface area is 172 Å². The van der Waals surface area contributed by atoms with Gasteiger partial charge in [0.2, 0.25) is 0 Å². The highest BCUT2D eigenvalue weighted by Gasteiger charge is 2.22. The van der Waals surface area contributed by atoms with Crippen LogP contribution >= 0.6 is 11.3 Å². The van der Waals surface area contributed by atoms with Gasteiger partial charge in [-0.25, -0.2) is 4.98 Å². The number of aromatic nitrogens is 2. The van der Waals surface area contributed by atoms with E-state index in [1.165, 1.54) is 61.4 Å². The number of rotatable bonds is 7. The minimum absolute atomic E-state index is 0.766. The number of fused-ring (bicyclic) bond motifs is 1. The lowest BCUT2D eigenvalue weighted by molar-refractivity contribution is 0.141. The first-order valence-electron chi connectivity index (χ1n) is 10.5. The molecular formula is C23H32N4S. The van der Waals surface area contributed by atoms with E-state index < -0.39 is 0 Å². The fourth-order valence-corrected chi connectivity index (χ4v) is 5.34. The first-order valence-corrected chi connectivity index (χ1v) is 11.3. The van der Waals surface area contributed by atoms with Crippen LogP contribution in [0.25, 0.3) is 4.96 Å². The van der Waals surface area contributed by atoms with Crippen LogP contribution in [-0.2, 0) is 13.0 Å². The minimum atomic E-state index is 0.766. The highest BCUT2D eigenvalue weighted by Crippen LogP contribution is 2.21. The lowest BCUT2D eigenvalue weighted by Gasteiger charge is -2.35. The summed E-state index contributed by atoms with van der Waals surface area (Å²) in [4.78, 5) is 11.0. The molecule has 3 heterocycles. The summed E-state index contributed by atoms with van der Waals surface area (Å²) in [5.74, 6) is 0.766. The van der Waals surface area contributed by atoms with Gasteiger partial charge in [-0.2, -0.15) is 0 Å². The van der Waals surface area contributed by atoms with Gasteiger partial charge in [-0.15, -0.1) is 11.3 Å². The van der Waals surface area contributed by atoms with Crippen LogP contribution in [-0.4, -0.2) is 52.4 Å². The predicted molar refractivity (Wildman–Crippen MR) is 118 cm³/mol. The third-order valence-corrected chi connectivity index (χ3v) is 6.87. The zero-order chi connectivity index (χ0) is 19.5. The number of likely N-dealkylation sites (tertiary alicyclic amines) is 1. The Balaban J connectivity index is 1.30. The Morgan fingerprint density at radius 1 is 1.25 bits per heavy atom. The smallest absolute Gasteiger partial charge is 0.194 e. The van der Waals surface area contributed by atoms with Gasteiger partial charge in [-0.3, -0.25) is 4.40 Å². The minimum Gasteiger partial charge on any atom is -0.303 e. The van der Waals surface area contributed by atoms with Crippen LogP contribution in [0.15, 0.2) is 35.8 Å². The molecule has 0 aliphatic carbocycles. The molecule has 1 aromatic carbocycles. The van der Waals surface area contributed by atoms with Crippen molar-refractivity contribution in [1.82, 2.24) is 19.2 Å². The van der Waals surface area contributed by atoms with Gasteiger partial charge in [0.15, 0.2) is 4.96 Å².